The van der Waals surface area contributed by atoms with Crippen molar-refractivity contribution < 1.29 is 14.6 Å². The van der Waals surface area contributed by atoms with Crippen molar-refractivity contribution in [3.63, 3.8) is 0 Å². The van der Waals surface area contributed by atoms with Crippen molar-refractivity contribution in [3.8, 4) is 0 Å². The summed E-state index contributed by atoms with van der Waals surface area (Å²) in [6.07, 6.45) is 1.39. The zero-order chi connectivity index (χ0) is 17.0. The van der Waals surface area contributed by atoms with Crippen LogP contribution in [-0.4, -0.2) is 40.3 Å². The second-order valence-corrected chi connectivity index (χ2v) is 7.22. The number of aliphatic hydroxyl groups is 1. The van der Waals surface area contributed by atoms with Crippen molar-refractivity contribution in [3.05, 3.63) is 35.9 Å². The van der Waals surface area contributed by atoms with Crippen LogP contribution in [0.1, 0.15) is 51.7 Å². The normalized spacial score (nSPS) is 21.1. The van der Waals surface area contributed by atoms with E-state index < -0.39 is 17.7 Å². The third kappa shape index (κ3) is 4.94. The summed E-state index contributed by atoms with van der Waals surface area (Å²) in [7, 11) is 0. The van der Waals surface area contributed by atoms with Gasteiger partial charge >= 0.3 is 6.09 Å². The number of carbonyl (C=O) groups is 1. The highest BCUT2D eigenvalue weighted by Gasteiger charge is 2.34. The van der Waals surface area contributed by atoms with Gasteiger partial charge in [0.2, 0.25) is 0 Å². The van der Waals surface area contributed by atoms with Crippen molar-refractivity contribution in [1.29, 1.82) is 0 Å². The monoisotopic (exact) mass is 320 g/mol. The number of likely N-dealkylation sites (tertiary alicyclic amines) is 1. The third-order valence-electron chi connectivity index (χ3n) is 4.10. The molecular formula is C18H28N2O3. The fourth-order valence-corrected chi connectivity index (χ4v) is 2.98. The lowest BCUT2D eigenvalue weighted by atomic mass is 9.96. The number of hydrogen-bond donors (Lipinski definition) is 2. The maximum Gasteiger partial charge on any atom is 0.410 e. The largest absolute Gasteiger partial charge is 0.444 e. The highest BCUT2D eigenvalue weighted by atomic mass is 16.6. The third-order valence-corrected chi connectivity index (χ3v) is 4.10. The predicted octanol–water partition coefficient (Wildman–Crippen LogP) is 2.84. The molecule has 1 saturated heterocycles. The molecule has 1 aromatic carbocycles. The fraction of sp³-hybridized carbons (Fsp3) is 0.611. The second kappa shape index (κ2) is 7.32. The summed E-state index contributed by atoms with van der Waals surface area (Å²) in [6.45, 7) is 6.27. The summed E-state index contributed by atoms with van der Waals surface area (Å²) in [5.41, 5.74) is 6.49. The molecule has 0 aliphatic carbocycles. The molecule has 23 heavy (non-hydrogen) atoms. The lowest BCUT2D eigenvalue weighted by Gasteiger charge is -2.31. The molecule has 1 aromatic rings. The Hall–Kier alpha value is -1.59. The number of ether oxygens (including phenoxy) is 1. The Morgan fingerprint density at radius 1 is 1.39 bits per heavy atom. The van der Waals surface area contributed by atoms with Gasteiger partial charge in [0.25, 0.3) is 0 Å². The molecule has 3 unspecified atom stereocenters. The van der Waals surface area contributed by atoms with E-state index in [9.17, 15) is 9.90 Å². The van der Waals surface area contributed by atoms with Crippen LogP contribution in [0.25, 0.3) is 0 Å². The first-order valence-electron chi connectivity index (χ1n) is 8.26. The van der Waals surface area contributed by atoms with Crippen LogP contribution in [-0.2, 0) is 4.74 Å². The van der Waals surface area contributed by atoms with Crippen molar-refractivity contribution in [2.45, 2.75) is 63.8 Å². The van der Waals surface area contributed by atoms with Gasteiger partial charge in [0, 0.05) is 18.6 Å². The van der Waals surface area contributed by atoms with E-state index in [0.29, 0.717) is 13.0 Å². The van der Waals surface area contributed by atoms with Gasteiger partial charge in [-0.2, -0.15) is 0 Å². The fourth-order valence-electron chi connectivity index (χ4n) is 2.98. The standard InChI is InChI=1S/C18H28N2O3/c1-18(2,3)23-17(22)20-11-7-10-14(20)12-15(19)16(21)13-8-5-4-6-9-13/h4-6,8-9,14-16,21H,7,10-12,19H2,1-3H3. The zero-order valence-electron chi connectivity index (χ0n) is 14.2. The first-order chi connectivity index (χ1) is 10.8. The summed E-state index contributed by atoms with van der Waals surface area (Å²) >= 11 is 0. The predicted molar refractivity (Wildman–Crippen MR) is 90.0 cm³/mol. The molecule has 1 heterocycles. The Kier molecular flexibility index (Phi) is 5.65. The summed E-state index contributed by atoms with van der Waals surface area (Å²) in [5.74, 6) is 0. The van der Waals surface area contributed by atoms with Gasteiger partial charge < -0.3 is 20.5 Å². The maximum absolute atomic E-state index is 12.3. The van der Waals surface area contributed by atoms with E-state index in [1.54, 1.807) is 4.90 Å². The van der Waals surface area contributed by atoms with Crippen molar-refractivity contribution in [2.24, 2.45) is 5.73 Å². The van der Waals surface area contributed by atoms with E-state index in [0.717, 1.165) is 18.4 Å². The van der Waals surface area contributed by atoms with Gasteiger partial charge in [-0.1, -0.05) is 30.3 Å². The van der Waals surface area contributed by atoms with Crippen molar-refractivity contribution in [1.82, 2.24) is 4.90 Å². The minimum atomic E-state index is -0.725. The van der Waals surface area contributed by atoms with E-state index in [-0.39, 0.29) is 12.1 Å². The van der Waals surface area contributed by atoms with Crippen LogP contribution in [0.4, 0.5) is 4.79 Å². The van der Waals surface area contributed by atoms with Crippen molar-refractivity contribution >= 4 is 6.09 Å². The summed E-state index contributed by atoms with van der Waals surface area (Å²) in [5, 5.41) is 10.4. The quantitative estimate of drug-likeness (QED) is 0.894. The summed E-state index contributed by atoms with van der Waals surface area (Å²) in [6, 6.07) is 9.02. The van der Waals surface area contributed by atoms with Gasteiger partial charge in [0.1, 0.15) is 5.60 Å². The van der Waals surface area contributed by atoms with E-state index in [4.69, 9.17) is 10.5 Å². The van der Waals surface area contributed by atoms with E-state index >= 15 is 0 Å². The van der Waals surface area contributed by atoms with Crippen LogP contribution in [0.15, 0.2) is 30.3 Å². The molecule has 1 aliphatic rings. The van der Waals surface area contributed by atoms with Gasteiger partial charge in [-0.25, -0.2) is 4.79 Å². The SMILES string of the molecule is CC(C)(C)OC(=O)N1CCCC1CC(N)C(O)c1ccccc1. The van der Waals surface area contributed by atoms with Gasteiger partial charge in [-0.15, -0.1) is 0 Å². The average Bonchev–Trinajstić information content (AvgIpc) is 2.94. The van der Waals surface area contributed by atoms with Gasteiger partial charge in [-0.05, 0) is 45.6 Å². The number of carbonyl (C=O) groups excluding carboxylic acids is 1. The number of hydrogen-bond acceptors (Lipinski definition) is 4. The van der Waals surface area contributed by atoms with Crippen LogP contribution in [0, 0.1) is 0 Å². The van der Waals surface area contributed by atoms with Crippen LogP contribution < -0.4 is 5.73 Å². The molecule has 3 atom stereocenters. The number of aliphatic hydroxyl groups excluding tert-OH is 1. The molecule has 5 heteroatoms. The van der Waals surface area contributed by atoms with E-state index in [1.165, 1.54) is 0 Å². The molecular weight excluding hydrogens is 292 g/mol. The molecule has 1 aliphatic heterocycles. The Morgan fingerprint density at radius 3 is 2.65 bits per heavy atom. The smallest absolute Gasteiger partial charge is 0.410 e. The first-order valence-corrected chi connectivity index (χ1v) is 8.26. The second-order valence-electron chi connectivity index (χ2n) is 7.22. The maximum atomic E-state index is 12.3. The first kappa shape index (κ1) is 17.8. The molecule has 0 radical (unpaired) electrons. The van der Waals surface area contributed by atoms with Gasteiger partial charge in [0.15, 0.2) is 0 Å². The van der Waals surface area contributed by atoms with Crippen LogP contribution in [0.5, 0.6) is 0 Å². The molecule has 1 amide bonds. The van der Waals surface area contributed by atoms with Crippen LogP contribution in [0.2, 0.25) is 0 Å². The molecule has 5 nitrogen and oxygen atoms in total. The number of amides is 1. The van der Waals surface area contributed by atoms with Crippen molar-refractivity contribution in [2.75, 3.05) is 6.54 Å². The molecule has 0 bridgehead atoms. The topological polar surface area (TPSA) is 75.8 Å². The molecule has 1 fully saturated rings. The minimum absolute atomic E-state index is 0.0261. The molecule has 128 valence electrons. The Balaban J connectivity index is 1.96. The zero-order valence-corrected chi connectivity index (χ0v) is 14.2. The molecule has 3 N–H and O–H groups in total. The number of nitrogens with zero attached hydrogens (tertiary/aromatic N) is 1. The van der Waals surface area contributed by atoms with Gasteiger partial charge in [-0.3, -0.25) is 0 Å². The molecule has 2 rings (SSSR count). The highest BCUT2D eigenvalue weighted by Crippen LogP contribution is 2.27. The average molecular weight is 320 g/mol. The molecule has 0 aromatic heterocycles. The highest BCUT2D eigenvalue weighted by molar-refractivity contribution is 5.68. The minimum Gasteiger partial charge on any atom is -0.444 e. The lowest BCUT2D eigenvalue weighted by Crippen LogP contribution is -2.43. The Labute approximate surface area is 138 Å². The summed E-state index contributed by atoms with van der Waals surface area (Å²) < 4.78 is 5.46. The van der Waals surface area contributed by atoms with E-state index in [1.807, 2.05) is 51.1 Å². The van der Waals surface area contributed by atoms with E-state index in [2.05, 4.69) is 0 Å². The Bertz CT molecular complexity index is 513. The van der Waals surface area contributed by atoms with Gasteiger partial charge in [0.05, 0.1) is 6.10 Å². The number of benzene rings is 1. The molecule has 0 saturated carbocycles. The van der Waals surface area contributed by atoms with Crippen LogP contribution >= 0.6 is 0 Å². The lowest BCUT2D eigenvalue weighted by molar-refractivity contribution is 0.0198. The number of nitrogens with two attached hydrogens (primary N) is 1. The number of rotatable bonds is 4. The van der Waals surface area contributed by atoms with Crippen LogP contribution in [0.3, 0.4) is 0 Å². The molecule has 0 spiro atoms. The Morgan fingerprint density at radius 2 is 2.04 bits per heavy atom. The summed E-state index contributed by atoms with van der Waals surface area (Å²) in [4.78, 5) is 14.0.